The van der Waals surface area contributed by atoms with Gasteiger partial charge in [-0.15, -0.1) is 0 Å². The number of rotatable bonds is 13. The van der Waals surface area contributed by atoms with Gasteiger partial charge in [0.25, 0.3) is 0 Å². The molecule has 0 spiro atoms. The number of carboxylic acid groups (broad SMARTS) is 1. The number of unbranched alkanes of at least 4 members (excludes halogenated alkanes) is 1. The molecule has 5 heteroatoms. The van der Waals surface area contributed by atoms with Gasteiger partial charge in [-0.05, 0) is 43.6 Å². The summed E-state index contributed by atoms with van der Waals surface area (Å²) in [5, 5.41) is 29.6. The zero-order valence-corrected chi connectivity index (χ0v) is 18.4. The van der Waals surface area contributed by atoms with Gasteiger partial charge in [-0.1, -0.05) is 68.0 Å². The Labute approximate surface area is 185 Å². The van der Waals surface area contributed by atoms with E-state index in [0.29, 0.717) is 25.7 Å². The number of benzene rings is 1. The van der Waals surface area contributed by atoms with Gasteiger partial charge in [-0.2, -0.15) is 0 Å². The number of allylic oxidation sites excluding steroid dienone is 2. The summed E-state index contributed by atoms with van der Waals surface area (Å²) in [5.41, 5.74) is 1.22. The molecule has 0 bridgehead atoms. The Kier molecular flexibility index (Phi) is 10.7. The van der Waals surface area contributed by atoms with E-state index in [4.69, 9.17) is 5.11 Å². The molecule has 2 unspecified atom stereocenters. The maximum absolute atomic E-state index is 12.3. The highest BCUT2D eigenvalue weighted by molar-refractivity contribution is 5.84. The van der Waals surface area contributed by atoms with Gasteiger partial charge in [0.2, 0.25) is 0 Å². The van der Waals surface area contributed by atoms with Gasteiger partial charge >= 0.3 is 5.97 Å². The minimum atomic E-state index is -0.806. The Balaban J connectivity index is 1.93. The number of aliphatic hydroxyl groups is 2. The van der Waals surface area contributed by atoms with Crippen LogP contribution >= 0.6 is 0 Å². The van der Waals surface area contributed by atoms with Gasteiger partial charge in [0.1, 0.15) is 5.78 Å². The van der Waals surface area contributed by atoms with Crippen molar-refractivity contribution in [1.82, 2.24) is 0 Å². The van der Waals surface area contributed by atoms with Crippen LogP contribution < -0.4 is 0 Å². The van der Waals surface area contributed by atoms with Crippen LogP contribution in [0.15, 0.2) is 54.6 Å². The minimum Gasteiger partial charge on any atom is -0.481 e. The Hall–Kier alpha value is -2.24. The number of aliphatic hydroxyl groups excluding tert-OH is 2. The molecule has 1 fully saturated rings. The second-order valence-electron chi connectivity index (χ2n) is 8.50. The van der Waals surface area contributed by atoms with E-state index in [-0.39, 0.29) is 36.4 Å². The van der Waals surface area contributed by atoms with Crippen molar-refractivity contribution in [3.8, 4) is 0 Å². The summed E-state index contributed by atoms with van der Waals surface area (Å²) >= 11 is 0. The van der Waals surface area contributed by atoms with Crippen molar-refractivity contribution in [1.29, 1.82) is 0 Å². The molecule has 170 valence electrons. The third-order valence-electron chi connectivity index (χ3n) is 6.04. The maximum Gasteiger partial charge on any atom is 0.303 e. The van der Waals surface area contributed by atoms with Gasteiger partial charge in [-0.3, -0.25) is 9.59 Å². The fraction of sp³-hybridized carbons (Fsp3) is 0.538. The molecule has 0 aromatic heterocycles. The number of hydrogen-bond acceptors (Lipinski definition) is 4. The predicted octanol–water partition coefficient (Wildman–Crippen LogP) is 4.64. The highest BCUT2D eigenvalue weighted by Gasteiger charge is 2.39. The maximum atomic E-state index is 12.3. The number of carboxylic acids is 1. The Bertz CT molecular complexity index is 739. The van der Waals surface area contributed by atoms with Crippen molar-refractivity contribution in [2.45, 2.75) is 76.4 Å². The molecule has 0 saturated heterocycles. The smallest absolute Gasteiger partial charge is 0.303 e. The first-order chi connectivity index (χ1) is 14.9. The van der Waals surface area contributed by atoms with E-state index in [0.717, 1.165) is 12.8 Å². The molecule has 5 atom stereocenters. The van der Waals surface area contributed by atoms with Crippen LogP contribution in [0.5, 0.6) is 0 Å². The third-order valence-corrected chi connectivity index (χ3v) is 6.04. The summed E-state index contributed by atoms with van der Waals surface area (Å²) in [4.78, 5) is 22.9. The van der Waals surface area contributed by atoms with E-state index >= 15 is 0 Å². The molecule has 1 aliphatic rings. The summed E-state index contributed by atoms with van der Waals surface area (Å²) in [6, 6.07) is 10.2. The fourth-order valence-electron chi connectivity index (χ4n) is 4.38. The summed E-state index contributed by atoms with van der Waals surface area (Å²) in [6.07, 6.45) is 10.7. The standard InChI is InChI=1S/C26H36O5/c1-2-10-20(19-11-6-5-7-12-19)17-21(27)15-16-23-22(24(28)18-25(23)29)13-8-3-4-9-14-26(30)31/h3,5-8,11-12,15-16,20-23,25,27,29H,2,4,9-10,13-14,17-18H2,1H3,(H,30,31)/b8-3-,16-15+/t20?,21-,22-,23?,25-/m1/s1. The monoisotopic (exact) mass is 428 g/mol. The second-order valence-corrected chi connectivity index (χ2v) is 8.50. The lowest BCUT2D eigenvalue weighted by molar-refractivity contribution is -0.137. The van der Waals surface area contributed by atoms with Gasteiger partial charge in [0.15, 0.2) is 0 Å². The van der Waals surface area contributed by atoms with Crippen molar-refractivity contribution in [3.63, 3.8) is 0 Å². The lowest BCUT2D eigenvalue weighted by atomic mass is 9.87. The van der Waals surface area contributed by atoms with E-state index in [1.165, 1.54) is 5.56 Å². The SMILES string of the molecule is CCCC(C[C@H](O)/C=C/C1[C@H](O)CC(=O)[C@@H]1C/C=C\CCCC(=O)O)c1ccccc1. The molecular formula is C26H36O5. The number of aliphatic carboxylic acids is 1. The number of Topliss-reactive ketones (excluding diaryl/α,β-unsaturated/α-hetero) is 1. The van der Waals surface area contributed by atoms with Crippen molar-refractivity contribution < 1.29 is 24.9 Å². The zero-order valence-electron chi connectivity index (χ0n) is 18.4. The van der Waals surface area contributed by atoms with Gasteiger partial charge in [0, 0.05) is 24.7 Å². The van der Waals surface area contributed by atoms with Crippen LogP contribution in [0.1, 0.15) is 69.8 Å². The fourth-order valence-corrected chi connectivity index (χ4v) is 4.38. The quantitative estimate of drug-likeness (QED) is 0.314. The molecule has 2 rings (SSSR count). The molecule has 5 nitrogen and oxygen atoms in total. The average Bonchev–Trinajstić information content (AvgIpc) is 3.01. The predicted molar refractivity (Wildman–Crippen MR) is 122 cm³/mol. The lowest BCUT2D eigenvalue weighted by Crippen LogP contribution is -2.19. The molecule has 0 aliphatic heterocycles. The van der Waals surface area contributed by atoms with E-state index in [9.17, 15) is 19.8 Å². The summed E-state index contributed by atoms with van der Waals surface area (Å²) in [5.74, 6) is -1.09. The Morgan fingerprint density at radius 2 is 1.97 bits per heavy atom. The molecule has 3 N–H and O–H groups in total. The highest BCUT2D eigenvalue weighted by Crippen LogP contribution is 2.34. The van der Waals surface area contributed by atoms with Crippen molar-refractivity contribution in [2.75, 3.05) is 0 Å². The molecule has 0 amide bonds. The molecule has 0 heterocycles. The van der Waals surface area contributed by atoms with Crippen LogP contribution in [0, 0.1) is 11.8 Å². The summed E-state index contributed by atoms with van der Waals surface area (Å²) < 4.78 is 0. The average molecular weight is 429 g/mol. The van der Waals surface area contributed by atoms with Crippen molar-refractivity contribution in [3.05, 3.63) is 60.2 Å². The second kappa shape index (κ2) is 13.2. The lowest BCUT2D eigenvalue weighted by Gasteiger charge is -2.20. The van der Waals surface area contributed by atoms with Crippen molar-refractivity contribution >= 4 is 11.8 Å². The first kappa shape index (κ1) is 25.0. The van der Waals surface area contributed by atoms with Gasteiger partial charge < -0.3 is 15.3 Å². The molecule has 1 aromatic carbocycles. The highest BCUT2D eigenvalue weighted by atomic mass is 16.4. The molecule has 1 saturated carbocycles. The van der Waals surface area contributed by atoms with Crippen LogP contribution in [0.2, 0.25) is 0 Å². The molecule has 1 aromatic rings. The molecule has 0 radical (unpaired) electrons. The van der Waals surface area contributed by atoms with Crippen LogP contribution in [0.3, 0.4) is 0 Å². The minimum absolute atomic E-state index is 0.0416. The number of ketones is 1. The summed E-state index contributed by atoms with van der Waals surface area (Å²) in [6.45, 7) is 2.14. The topological polar surface area (TPSA) is 94.8 Å². The first-order valence-electron chi connectivity index (χ1n) is 11.4. The van der Waals surface area contributed by atoms with Crippen LogP contribution in [0.25, 0.3) is 0 Å². The normalized spacial score (nSPS) is 23.6. The molecular weight excluding hydrogens is 392 g/mol. The van der Waals surface area contributed by atoms with E-state index in [1.54, 1.807) is 6.08 Å². The first-order valence-corrected chi connectivity index (χ1v) is 11.4. The zero-order chi connectivity index (χ0) is 22.6. The number of hydrogen-bond donors (Lipinski definition) is 3. The summed E-state index contributed by atoms with van der Waals surface area (Å²) in [7, 11) is 0. The van der Waals surface area contributed by atoms with E-state index in [2.05, 4.69) is 19.1 Å². The van der Waals surface area contributed by atoms with Crippen molar-refractivity contribution in [2.24, 2.45) is 11.8 Å². The Morgan fingerprint density at radius 3 is 2.65 bits per heavy atom. The van der Waals surface area contributed by atoms with E-state index < -0.39 is 18.2 Å². The van der Waals surface area contributed by atoms with Crippen LogP contribution in [0.4, 0.5) is 0 Å². The van der Waals surface area contributed by atoms with Crippen LogP contribution in [-0.2, 0) is 9.59 Å². The number of carbonyl (C=O) groups is 2. The third kappa shape index (κ3) is 8.42. The van der Waals surface area contributed by atoms with E-state index in [1.807, 2.05) is 36.4 Å². The Morgan fingerprint density at radius 1 is 1.23 bits per heavy atom. The molecule has 1 aliphatic carbocycles. The molecule has 31 heavy (non-hydrogen) atoms. The van der Waals surface area contributed by atoms with Crippen LogP contribution in [-0.4, -0.2) is 39.3 Å². The van der Waals surface area contributed by atoms with Gasteiger partial charge in [0.05, 0.1) is 12.2 Å². The largest absolute Gasteiger partial charge is 0.481 e. The van der Waals surface area contributed by atoms with Gasteiger partial charge in [-0.25, -0.2) is 0 Å². The number of carbonyl (C=O) groups excluding carboxylic acids is 1.